The van der Waals surface area contributed by atoms with Gasteiger partial charge in [-0.25, -0.2) is 13.4 Å². The van der Waals surface area contributed by atoms with E-state index >= 15 is 0 Å². The predicted molar refractivity (Wildman–Crippen MR) is 118 cm³/mol. The van der Waals surface area contributed by atoms with Crippen molar-refractivity contribution in [3.8, 4) is 0 Å². The van der Waals surface area contributed by atoms with Crippen molar-refractivity contribution in [2.45, 2.75) is 11.1 Å². The molecule has 0 aliphatic rings. The number of nitrogen functional groups attached to an aromatic ring is 1. The molecule has 0 unspecified atom stereocenters. The summed E-state index contributed by atoms with van der Waals surface area (Å²) in [6.45, 7) is 0. The lowest BCUT2D eigenvalue weighted by Gasteiger charge is -2.15. The summed E-state index contributed by atoms with van der Waals surface area (Å²) in [6.07, 6.45) is -2.23. The molecule has 3 rings (SSSR count). The molecule has 1 aromatic carbocycles. The van der Waals surface area contributed by atoms with Crippen LogP contribution in [0.3, 0.4) is 0 Å². The highest BCUT2D eigenvalue weighted by Gasteiger charge is 2.34. The quantitative estimate of drug-likeness (QED) is 0.363. The number of nitrogens with two attached hydrogens (primary N) is 1. The Hall–Kier alpha value is -3.09. The fourth-order valence-electron chi connectivity index (χ4n) is 2.72. The number of nitrogens with zero attached hydrogens (tertiary/aromatic N) is 3. The van der Waals surface area contributed by atoms with Crippen molar-refractivity contribution in [3.05, 3.63) is 75.7 Å². The third kappa shape index (κ3) is 5.64. The van der Waals surface area contributed by atoms with Gasteiger partial charge in [0.25, 0.3) is 10.0 Å². The lowest BCUT2D eigenvalue weighted by atomic mass is 10.1. The molecule has 33 heavy (non-hydrogen) atoms. The van der Waals surface area contributed by atoms with E-state index in [1.165, 1.54) is 37.7 Å². The van der Waals surface area contributed by atoms with Crippen LogP contribution in [0.1, 0.15) is 16.8 Å². The van der Waals surface area contributed by atoms with Gasteiger partial charge in [-0.2, -0.15) is 13.2 Å². The molecule has 0 saturated heterocycles. The monoisotopic (exact) mass is 519 g/mol. The van der Waals surface area contributed by atoms with Gasteiger partial charge < -0.3 is 10.6 Å². The molecule has 0 aliphatic heterocycles. The molecule has 3 aromatic rings. The zero-order valence-electron chi connectivity index (χ0n) is 16.6. The number of nitrogens with one attached hydrogen (secondary N) is 1. The van der Waals surface area contributed by atoms with Crippen LogP contribution in [0.25, 0.3) is 0 Å². The van der Waals surface area contributed by atoms with Crippen molar-refractivity contribution in [1.82, 2.24) is 9.97 Å². The molecule has 0 radical (unpaired) electrons. The van der Waals surface area contributed by atoms with E-state index in [4.69, 9.17) is 33.8 Å². The first-order chi connectivity index (χ1) is 15.4. The molecule has 0 aliphatic carbocycles. The normalized spacial score (nSPS) is 12.5. The largest absolute Gasteiger partial charge is 0.417 e. The molecule has 0 saturated carbocycles. The van der Waals surface area contributed by atoms with E-state index in [0.717, 1.165) is 12.1 Å². The van der Waals surface area contributed by atoms with Gasteiger partial charge in [0, 0.05) is 18.0 Å². The van der Waals surface area contributed by atoms with Crippen LogP contribution in [0, 0.1) is 0 Å². The standard InChI is InChI=1S/C19H14Cl2F3N5O3S/c1-32-28-17(10-4-5-26-16(25)6-10)18-15(7-11(20)9-27-18)29-33(30,31)12-2-3-14(21)13(8-12)19(22,23)24/h2-9,29H,1H3,(H2,25,26)/b28-17+. The second kappa shape index (κ2) is 9.41. The smallest absolute Gasteiger partial charge is 0.399 e. The molecular formula is C19H14Cl2F3N5O3S. The van der Waals surface area contributed by atoms with E-state index in [-0.39, 0.29) is 27.9 Å². The molecule has 2 heterocycles. The zero-order chi connectivity index (χ0) is 24.4. The summed E-state index contributed by atoms with van der Waals surface area (Å²) in [4.78, 5) is 12.2. The minimum Gasteiger partial charge on any atom is -0.399 e. The van der Waals surface area contributed by atoms with Gasteiger partial charge in [-0.05, 0) is 36.4 Å². The van der Waals surface area contributed by atoms with Crippen molar-refractivity contribution in [1.29, 1.82) is 0 Å². The Kier molecular flexibility index (Phi) is 7.00. The maximum atomic E-state index is 13.2. The van der Waals surface area contributed by atoms with Gasteiger partial charge >= 0.3 is 6.18 Å². The number of rotatable bonds is 6. The van der Waals surface area contributed by atoms with Gasteiger partial charge in [0.1, 0.15) is 24.3 Å². The molecular weight excluding hydrogens is 506 g/mol. The number of hydrogen-bond acceptors (Lipinski definition) is 7. The molecule has 14 heteroatoms. The Morgan fingerprint density at radius 2 is 1.88 bits per heavy atom. The van der Waals surface area contributed by atoms with Crippen molar-refractivity contribution >= 4 is 50.4 Å². The minimum atomic E-state index is -4.86. The number of aromatic nitrogens is 2. The lowest BCUT2D eigenvalue weighted by Crippen LogP contribution is -2.18. The number of pyridine rings is 2. The summed E-state index contributed by atoms with van der Waals surface area (Å²) in [5.74, 6) is 0.147. The Labute approximate surface area is 196 Å². The summed E-state index contributed by atoms with van der Waals surface area (Å²) in [5.41, 5.74) is 4.66. The maximum absolute atomic E-state index is 13.2. The van der Waals surface area contributed by atoms with Crippen LogP contribution in [0.5, 0.6) is 0 Å². The molecule has 174 valence electrons. The first-order valence-corrected chi connectivity index (χ1v) is 11.0. The number of benzene rings is 1. The van der Waals surface area contributed by atoms with Crippen molar-refractivity contribution in [2.24, 2.45) is 5.16 Å². The van der Waals surface area contributed by atoms with Gasteiger partial charge in [0.05, 0.1) is 26.2 Å². The highest BCUT2D eigenvalue weighted by Crippen LogP contribution is 2.36. The topological polar surface area (TPSA) is 120 Å². The lowest BCUT2D eigenvalue weighted by molar-refractivity contribution is -0.137. The molecule has 0 fully saturated rings. The van der Waals surface area contributed by atoms with Crippen LogP contribution in [-0.2, 0) is 21.0 Å². The number of sulfonamides is 1. The first kappa shape index (κ1) is 24.6. The number of hydrogen-bond donors (Lipinski definition) is 2. The third-order valence-electron chi connectivity index (χ3n) is 4.11. The number of halogens is 5. The van der Waals surface area contributed by atoms with E-state index in [1.54, 1.807) is 0 Å². The summed E-state index contributed by atoms with van der Waals surface area (Å²) in [6, 6.07) is 6.39. The van der Waals surface area contributed by atoms with Gasteiger partial charge in [0.15, 0.2) is 0 Å². The summed E-state index contributed by atoms with van der Waals surface area (Å²) < 4.78 is 67.7. The molecule has 0 spiro atoms. The highest BCUT2D eigenvalue weighted by atomic mass is 35.5. The van der Waals surface area contributed by atoms with E-state index < -0.39 is 31.7 Å². The Balaban J connectivity index is 2.12. The molecule has 3 N–H and O–H groups in total. The van der Waals surface area contributed by atoms with Crippen molar-refractivity contribution in [2.75, 3.05) is 17.6 Å². The number of anilines is 2. The van der Waals surface area contributed by atoms with Crippen LogP contribution in [-0.4, -0.2) is 31.2 Å². The number of oxime groups is 1. The SMILES string of the molecule is CO/N=C(\c1ccnc(N)c1)c1ncc(Cl)cc1NS(=O)(=O)c1ccc(Cl)c(C(F)(F)F)c1. The first-order valence-electron chi connectivity index (χ1n) is 8.81. The van der Waals surface area contributed by atoms with Gasteiger partial charge in [-0.1, -0.05) is 28.4 Å². The Bertz CT molecular complexity index is 1330. The van der Waals surface area contributed by atoms with Crippen LogP contribution in [0.4, 0.5) is 24.7 Å². The summed E-state index contributed by atoms with van der Waals surface area (Å²) >= 11 is 11.6. The molecule has 2 aromatic heterocycles. The van der Waals surface area contributed by atoms with Gasteiger partial charge in [0.2, 0.25) is 0 Å². The second-order valence-corrected chi connectivity index (χ2v) is 8.91. The van der Waals surface area contributed by atoms with E-state index in [9.17, 15) is 21.6 Å². The summed E-state index contributed by atoms with van der Waals surface area (Å²) in [5, 5.41) is 3.29. The van der Waals surface area contributed by atoms with E-state index in [1.807, 2.05) is 0 Å². The third-order valence-corrected chi connectivity index (χ3v) is 6.01. The van der Waals surface area contributed by atoms with E-state index in [2.05, 4.69) is 19.8 Å². The van der Waals surface area contributed by atoms with Crippen molar-refractivity contribution < 1.29 is 26.4 Å². The average Bonchev–Trinajstić information content (AvgIpc) is 2.71. The fourth-order valence-corrected chi connectivity index (χ4v) is 4.18. The molecule has 0 bridgehead atoms. The minimum absolute atomic E-state index is 0.0274. The van der Waals surface area contributed by atoms with Crippen LogP contribution in [0.2, 0.25) is 10.0 Å². The zero-order valence-corrected chi connectivity index (χ0v) is 18.9. The van der Waals surface area contributed by atoms with E-state index in [0.29, 0.717) is 11.6 Å². The van der Waals surface area contributed by atoms with Crippen molar-refractivity contribution in [3.63, 3.8) is 0 Å². The van der Waals surface area contributed by atoms with Crippen LogP contribution < -0.4 is 10.5 Å². The molecule has 0 amide bonds. The fraction of sp³-hybridized carbons (Fsp3) is 0.105. The average molecular weight is 520 g/mol. The van der Waals surface area contributed by atoms with Gasteiger partial charge in [-0.15, -0.1) is 0 Å². The second-order valence-electron chi connectivity index (χ2n) is 6.39. The highest BCUT2D eigenvalue weighted by molar-refractivity contribution is 7.92. The Morgan fingerprint density at radius 3 is 2.52 bits per heavy atom. The van der Waals surface area contributed by atoms with Crippen LogP contribution >= 0.6 is 23.2 Å². The summed E-state index contributed by atoms with van der Waals surface area (Å²) in [7, 11) is -3.27. The van der Waals surface area contributed by atoms with Crippen LogP contribution in [0.15, 0.2) is 58.8 Å². The number of alkyl halides is 3. The predicted octanol–water partition coefficient (Wildman–Crippen LogP) is 4.58. The molecule has 0 atom stereocenters. The Morgan fingerprint density at radius 1 is 1.15 bits per heavy atom. The maximum Gasteiger partial charge on any atom is 0.417 e. The van der Waals surface area contributed by atoms with Gasteiger partial charge in [-0.3, -0.25) is 9.71 Å². The molecule has 8 nitrogen and oxygen atoms in total.